The van der Waals surface area contributed by atoms with E-state index in [1.807, 2.05) is 0 Å². The quantitative estimate of drug-likeness (QED) is 0.665. The minimum Gasteiger partial charge on any atom is -0.323 e. The molecule has 0 aliphatic heterocycles. The molecule has 0 saturated carbocycles. The molecule has 8 heteroatoms. The van der Waals surface area contributed by atoms with Crippen molar-refractivity contribution in [3.63, 3.8) is 0 Å². The topological polar surface area (TPSA) is 88.9 Å². The smallest absolute Gasteiger partial charge is 0.258 e. The molecule has 0 bridgehead atoms. The summed E-state index contributed by atoms with van der Waals surface area (Å²) in [4.78, 5) is 28.3. The summed E-state index contributed by atoms with van der Waals surface area (Å²) in [5.74, 6) is -0.506. The van der Waals surface area contributed by atoms with Crippen molar-refractivity contribution >= 4 is 23.5 Å². The number of aromatic nitrogens is 3. The van der Waals surface area contributed by atoms with Gasteiger partial charge in [-0.2, -0.15) is 9.67 Å². The van der Waals surface area contributed by atoms with Crippen molar-refractivity contribution in [3.8, 4) is 5.69 Å². The lowest BCUT2D eigenvalue weighted by Gasteiger charge is -2.10. The van der Waals surface area contributed by atoms with E-state index in [4.69, 9.17) is 0 Å². The van der Waals surface area contributed by atoms with E-state index in [-0.39, 0.29) is 17.7 Å². The molecule has 2 aromatic carbocycles. The van der Waals surface area contributed by atoms with Gasteiger partial charge in [-0.3, -0.25) is 14.9 Å². The first-order chi connectivity index (χ1) is 13.4. The highest BCUT2D eigenvalue weighted by molar-refractivity contribution is 6.05. The summed E-state index contributed by atoms with van der Waals surface area (Å²) in [7, 11) is 0. The summed E-state index contributed by atoms with van der Waals surface area (Å²) in [5, 5.41) is 9.59. The Labute approximate surface area is 160 Å². The van der Waals surface area contributed by atoms with E-state index < -0.39 is 5.91 Å². The van der Waals surface area contributed by atoms with E-state index in [0.717, 1.165) is 6.08 Å². The number of carbonyl (C=O) groups excluding carboxylic acids is 2. The third kappa shape index (κ3) is 4.12. The van der Waals surface area contributed by atoms with Crippen LogP contribution in [-0.2, 0) is 4.79 Å². The minimum absolute atomic E-state index is 0.206. The molecule has 1 aromatic heterocycles. The predicted octanol–water partition coefficient (Wildman–Crippen LogP) is 3.40. The van der Waals surface area contributed by atoms with Gasteiger partial charge in [0.15, 0.2) is 0 Å². The molecule has 0 radical (unpaired) electrons. The first-order valence-corrected chi connectivity index (χ1v) is 8.42. The number of halogens is 1. The number of amides is 2. The molecule has 3 rings (SSSR count). The number of aryl methyl sites for hydroxylation is 2. The number of nitrogens with zero attached hydrogens (tertiary/aromatic N) is 3. The van der Waals surface area contributed by atoms with Crippen molar-refractivity contribution in [2.75, 3.05) is 10.6 Å². The predicted molar refractivity (Wildman–Crippen MR) is 104 cm³/mol. The molecular formula is C20H18FN5O2. The number of rotatable bonds is 5. The van der Waals surface area contributed by atoms with Gasteiger partial charge in [-0.15, -0.1) is 5.10 Å². The Balaban J connectivity index is 1.88. The molecule has 28 heavy (non-hydrogen) atoms. The highest BCUT2D eigenvalue weighted by Crippen LogP contribution is 2.20. The largest absolute Gasteiger partial charge is 0.323 e. The average molecular weight is 379 g/mol. The normalized spacial score (nSPS) is 10.4. The van der Waals surface area contributed by atoms with E-state index >= 15 is 0 Å². The lowest BCUT2D eigenvalue weighted by Crippen LogP contribution is -2.17. The fourth-order valence-corrected chi connectivity index (χ4v) is 2.63. The standard InChI is InChI=1S/C20H18FN5O2/c1-4-18(27)23-16-7-5-6-14(11-16)19(28)24-20-22-13(3)25-26(20)17-9-8-15(21)10-12(17)2/h4-11H,1H2,2-3H3,(H,23,27)(H,22,24,25,28). The van der Waals surface area contributed by atoms with Gasteiger partial charge < -0.3 is 5.32 Å². The van der Waals surface area contributed by atoms with Crippen LogP contribution in [0.2, 0.25) is 0 Å². The third-order valence-electron chi connectivity index (χ3n) is 3.90. The number of carbonyl (C=O) groups is 2. The lowest BCUT2D eigenvalue weighted by molar-refractivity contribution is -0.111. The van der Waals surface area contributed by atoms with Crippen molar-refractivity contribution in [2.45, 2.75) is 13.8 Å². The van der Waals surface area contributed by atoms with Crippen LogP contribution < -0.4 is 10.6 Å². The zero-order valence-corrected chi connectivity index (χ0v) is 15.4. The number of anilines is 2. The summed E-state index contributed by atoms with van der Waals surface area (Å²) in [6.07, 6.45) is 1.14. The molecule has 142 valence electrons. The summed E-state index contributed by atoms with van der Waals surface area (Å²) in [6, 6.07) is 10.7. The number of hydrogen-bond acceptors (Lipinski definition) is 4. The van der Waals surface area contributed by atoms with Gasteiger partial charge in [-0.1, -0.05) is 12.6 Å². The first kappa shape index (κ1) is 19.0. The second-order valence-electron chi connectivity index (χ2n) is 6.05. The van der Waals surface area contributed by atoms with E-state index in [9.17, 15) is 14.0 Å². The van der Waals surface area contributed by atoms with Crippen molar-refractivity contribution in [2.24, 2.45) is 0 Å². The maximum absolute atomic E-state index is 13.4. The van der Waals surface area contributed by atoms with Crippen LogP contribution in [0.1, 0.15) is 21.7 Å². The Morgan fingerprint density at radius 2 is 1.93 bits per heavy atom. The first-order valence-electron chi connectivity index (χ1n) is 8.42. The van der Waals surface area contributed by atoms with Crippen LogP contribution in [-0.4, -0.2) is 26.6 Å². The van der Waals surface area contributed by atoms with Crippen molar-refractivity contribution in [1.82, 2.24) is 14.8 Å². The number of nitrogens with one attached hydrogen (secondary N) is 2. The highest BCUT2D eigenvalue weighted by atomic mass is 19.1. The van der Waals surface area contributed by atoms with Crippen LogP contribution in [0, 0.1) is 19.7 Å². The zero-order valence-electron chi connectivity index (χ0n) is 15.4. The van der Waals surface area contributed by atoms with Crippen LogP contribution in [0.5, 0.6) is 0 Å². The minimum atomic E-state index is -0.428. The fraction of sp³-hybridized carbons (Fsp3) is 0.100. The van der Waals surface area contributed by atoms with E-state index in [1.54, 1.807) is 38.1 Å². The fourth-order valence-electron chi connectivity index (χ4n) is 2.63. The van der Waals surface area contributed by atoms with Gasteiger partial charge in [0.2, 0.25) is 11.9 Å². The van der Waals surface area contributed by atoms with Crippen molar-refractivity contribution < 1.29 is 14.0 Å². The van der Waals surface area contributed by atoms with Gasteiger partial charge in [0.05, 0.1) is 5.69 Å². The molecule has 0 atom stereocenters. The second-order valence-corrected chi connectivity index (χ2v) is 6.05. The summed E-state index contributed by atoms with van der Waals surface area (Å²) < 4.78 is 14.9. The maximum Gasteiger partial charge on any atom is 0.258 e. The van der Waals surface area contributed by atoms with Crippen LogP contribution in [0.25, 0.3) is 5.69 Å². The molecule has 0 unspecified atom stereocenters. The summed E-state index contributed by atoms with van der Waals surface area (Å²) >= 11 is 0. The Hall–Kier alpha value is -3.81. The number of hydrogen-bond donors (Lipinski definition) is 2. The molecule has 3 aromatic rings. The Bertz CT molecular complexity index is 1070. The summed E-state index contributed by atoms with van der Waals surface area (Å²) in [5.41, 5.74) is 2.04. The van der Waals surface area contributed by atoms with Gasteiger partial charge in [0.25, 0.3) is 5.91 Å². The van der Waals surface area contributed by atoms with Gasteiger partial charge >= 0.3 is 0 Å². The number of benzene rings is 2. The maximum atomic E-state index is 13.4. The van der Waals surface area contributed by atoms with Gasteiger partial charge in [0, 0.05) is 11.3 Å². The average Bonchev–Trinajstić information content (AvgIpc) is 3.01. The molecule has 0 aliphatic carbocycles. The summed E-state index contributed by atoms with van der Waals surface area (Å²) in [6.45, 7) is 6.82. The molecule has 1 heterocycles. The van der Waals surface area contributed by atoms with Crippen molar-refractivity contribution in [1.29, 1.82) is 0 Å². The molecule has 0 fully saturated rings. The Kier molecular flexibility index (Phi) is 5.30. The Morgan fingerprint density at radius 3 is 2.64 bits per heavy atom. The molecule has 7 nitrogen and oxygen atoms in total. The Morgan fingerprint density at radius 1 is 1.14 bits per heavy atom. The molecule has 0 saturated heterocycles. The molecular weight excluding hydrogens is 361 g/mol. The lowest BCUT2D eigenvalue weighted by atomic mass is 10.2. The SMILES string of the molecule is C=CC(=O)Nc1cccc(C(=O)Nc2nc(C)nn2-c2ccc(F)cc2C)c1. The van der Waals surface area contributed by atoms with Crippen LogP contribution in [0.15, 0.2) is 55.1 Å². The van der Waals surface area contributed by atoms with Crippen LogP contribution >= 0.6 is 0 Å². The third-order valence-corrected chi connectivity index (χ3v) is 3.90. The van der Waals surface area contributed by atoms with E-state index in [0.29, 0.717) is 28.3 Å². The van der Waals surface area contributed by atoms with E-state index in [1.165, 1.54) is 22.9 Å². The molecule has 0 aliphatic rings. The van der Waals surface area contributed by atoms with Gasteiger partial charge in [-0.05, 0) is 61.9 Å². The highest BCUT2D eigenvalue weighted by Gasteiger charge is 2.16. The van der Waals surface area contributed by atoms with Gasteiger partial charge in [-0.25, -0.2) is 4.39 Å². The van der Waals surface area contributed by atoms with Crippen LogP contribution in [0.4, 0.5) is 16.0 Å². The van der Waals surface area contributed by atoms with Crippen LogP contribution in [0.3, 0.4) is 0 Å². The molecule has 2 N–H and O–H groups in total. The zero-order chi connectivity index (χ0) is 20.3. The molecule has 2 amide bonds. The van der Waals surface area contributed by atoms with Crippen molar-refractivity contribution in [3.05, 3.63) is 77.9 Å². The molecule has 0 spiro atoms. The van der Waals surface area contributed by atoms with E-state index in [2.05, 4.69) is 27.3 Å². The van der Waals surface area contributed by atoms with Gasteiger partial charge in [0.1, 0.15) is 11.6 Å². The monoisotopic (exact) mass is 379 g/mol. The second kappa shape index (κ2) is 7.83.